The molecule has 0 saturated heterocycles. The van der Waals surface area contributed by atoms with Crippen LogP contribution in [0.3, 0.4) is 0 Å². The van der Waals surface area contributed by atoms with E-state index in [0.717, 1.165) is 6.07 Å². The number of nitrogens with two attached hydrogens (primary N) is 1. The van der Waals surface area contributed by atoms with Gasteiger partial charge < -0.3 is 10.5 Å². The summed E-state index contributed by atoms with van der Waals surface area (Å²) in [6.07, 6.45) is 0.559. The third-order valence-corrected chi connectivity index (χ3v) is 3.28. The zero-order chi connectivity index (χ0) is 12.1. The smallest absolute Gasteiger partial charge is 0.201 e. The van der Waals surface area contributed by atoms with Gasteiger partial charge in [-0.25, -0.2) is 4.39 Å². The monoisotopic (exact) mass is 291 g/mol. The minimum absolute atomic E-state index is 0.0735. The van der Waals surface area contributed by atoms with Crippen LogP contribution < -0.4 is 10.5 Å². The summed E-state index contributed by atoms with van der Waals surface area (Å²) in [6.45, 7) is 3.60. The lowest BCUT2D eigenvalue weighted by Crippen LogP contribution is -2.38. The molecule has 16 heavy (non-hydrogen) atoms. The van der Waals surface area contributed by atoms with Gasteiger partial charge in [-0.3, -0.25) is 0 Å². The van der Waals surface area contributed by atoms with E-state index in [2.05, 4.69) is 15.9 Å². The lowest BCUT2D eigenvalue weighted by atomic mass is 9.90. The summed E-state index contributed by atoms with van der Waals surface area (Å²) in [4.78, 5) is 0. The van der Waals surface area contributed by atoms with E-state index in [4.69, 9.17) is 10.5 Å². The molecule has 1 heterocycles. The first-order chi connectivity index (χ1) is 7.32. The molecule has 0 spiro atoms. The van der Waals surface area contributed by atoms with Gasteiger partial charge in [-0.2, -0.15) is 4.39 Å². The quantitative estimate of drug-likeness (QED) is 0.745. The normalized spacial score (nSPS) is 22.5. The zero-order valence-electron chi connectivity index (χ0n) is 8.98. The van der Waals surface area contributed by atoms with E-state index in [1.807, 2.05) is 0 Å². The molecular weight excluding hydrogens is 280 g/mol. The number of benzene rings is 1. The van der Waals surface area contributed by atoms with Gasteiger partial charge in [0.15, 0.2) is 11.6 Å². The summed E-state index contributed by atoms with van der Waals surface area (Å²) in [5, 5.41) is 0. The van der Waals surface area contributed by atoms with Crippen molar-refractivity contribution in [2.45, 2.75) is 31.9 Å². The van der Waals surface area contributed by atoms with E-state index >= 15 is 0 Å². The molecule has 0 saturated carbocycles. The summed E-state index contributed by atoms with van der Waals surface area (Å²) in [5.41, 5.74) is 5.86. The van der Waals surface area contributed by atoms with Crippen LogP contribution in [0.15, 0.2) is 10.5 Å². The molecule has 5 heteroatoms. The first kappa shape index (κ1) is 11.8. The van der Waals surface area contributed by atoms with Gasteiger partial charge in [0.25, 0.3) is 0 Å². The van der Waals surface area contributed by atoms with Crippen LogP contribution in [0.2, 0.25) is 0 Å². The van der Waals surface area contributed by atoms with Crippen LogP contribution in [0.25, 0.3) is 0 Å². The summed E-state index contributed by atoms with van der Waals surface area (Å²) in [7, 11) is 0. The molecule has 88 valence electrons. The van der Waals surface area contributed by atoms with Gasteiger partial charge in [-0.1, -0.05) is 15.9 Å². The predicted molar refractivity (Wildman–Crippen MR) is 60.3 cm³/mol. The Morgan fingerprint density at radius 2 is 2.12 bits per heavy atom. The molecule has 0 radical (unpaired) electrons. The van der Waals surface area contributed by atoms with Gasteiger partial charge in [0.1, 0.15) is 5.60 Å². The van der Waals surface area contributed by atoms with Gasteiger partial charge >= 0.3 is 0 Å². The van der Waals surface area contributed by atoms with Gasteiger partial charge in [0.05, 0.1) is 0 Å². The van der Waals surface area contributed by atoms with Crippen molar-refractivity contribution in [2.75, 3.05) is 0 Å². The molecule has 0 aliphatic carbocycles. The van der Waals surface area contributed by atoms with Crippen molar-refractivity contribution in [1.29, 1.82) is 0 Å². The maximum atomic E-state index is 13.6. The van der Waals surface area contributed by atoms with Crippen molar-refractivity contribution in [3.8, 4) is 5.75 Å². The molecule has 2 nitrogen and oxygen atoms in total. The molecule has 1 atom stereocenters. The van der Waals surface area contributed by atoms with Crippen molar-refractivity contribution >= 4 is 15.9 Å². The second kappa shape index (κ2) is 3.67. The molecular formula is C11H12BrF2NO. The molecule has 0 aromatic heterocycles. The van der Waals surface area contributed by atoms with E-state index in [0.29, 0.717) is 16.5 Å². The van der Waals surface area contributed by atoms with Gasteiger partial charge in [0, 0.05) is 22.5 Å². The Kier molecular flexibility index (Phi) is 2.70. The molecule has 0 fully saturated rings. The number of hydrogen-bond acceptors (Lipinski definition) is 2. The molecule has 0 amide bonds. The summed E-state index contributed by atoms with van der Waals surface area (Å²) >= 11 is 3.18. The lowest BCUT2D eigenvalue weighted by molar-refractivity contribution is 0.0659. The highest BCUT2D eigenvalue weighted by Crippen LogP contribution is 2.44. The average Bonchev–Trinajstić information content (AvgIpc) is 2.11. The zero-order valence-corrected chi connectivity index (χ0v) is 10.6. The number of fused-ring (bicyclic) bond motifs is 1. The molecule has 2 N–H and O–H groups in total. The summed E-state index contributed by atoms with van der Waals surface area (Å²) in [6, 6.07) is 0.721. The maximum absolute atomic E-state index is 13.6. The van der Waals surface area contributed by atoms with E-state index in [1.54, 1.807) is 13.8 Å². The third kappa shape index (κ3) is 1.82. The number of ether oxygens (including phenoxy) is 1. The first-order valence-corrected chi connectivity index (χ1v) is 5.73. The van der Waals surface area contributed by atoms with Gasteiger partial charge in [0.2, 0.25) is 5.82 Å². The number of hydrogen-bond donors (Lipinski definition) is 1. The molecule has 1 aromatic carbocycles. The number of rotatable bonds is 0. The summed E-state index contributed by atoms with van der Waals surface area (Å²) in [5.74, 6) is -1.98. The van der Waals surface area contributed by atoms with Crippen LogP contribution in [0.1, 0.15) is 31.9 Å². The van der Waals surface area contributed by atoms with Crippen molar-refractivity contribution in [1.82, 2.24) is 0 Å². The Balaban J connectivity index is 2.65. The van der Waals surface area contributed by atoms with Crippen LogP contribution >= 0.6 is 15.9 Å². The molecule has 1 unspecified atom stereocenters. The lowest BCUT2D eigenvalue weighted by Gasteiger charge is -2.36. The van der Waals surface area contributed by atoms with Crippen LogP contribution in [0.5, 0.6) is 5.75 Å². The SMILES string of the molecule is CC1(C)CC(N)c2c(Br)cc(F)c(F)c2O1. The predicted octanol–water partition coefficient (Wildman–Crippen LogP) is 3.29. The standard InChI is InChI=1S/C11H12BrF2NO/c1-11(2)4-7(15)8-5(12)3-6(13)9(14)10(8)16-11/h3,7H,4,15H2,1-2H3. The van der Waals surface area contributed by atoms with E-state index in [1.165, 1.54) is 0 Å². The van der Waals surface area contributed by atoms with Crippen LogP contribution in [-0.2, 0) is 0 Å². The van der Waals surface area contributed by atoms with E-state index < -0.39 is 17.2 Å². The van der Waals surface area contributed by atoms with E-state index in [-0.39, 0.29) is 11.8 Å². The van der Waals surface area contributed by atoms with Crippen molar-refractivity contribution in [3.05, 3.63) is 27.7 Å². The molecule has 2 rings (SSSR count). The van der Waals surface area contributed by atoms with Crippen molar-refractivity contribution < 1.29 is 13.5 Å². The fourth-order valence-corrected chi connectivity index (χ4v) is 2.66. The molecule has 1 aromatic rings. The van der Waals surface area contributed by atoms with Crippen molar-refractivity contribution in [2.24, 2.45) is 5.73 Å². The van der Waals surface area contributed by atoms with Gasteiger partial charge in [-0.15, -0.1) is 0 Å². The second-order valence-electron chi connectivity index (χ2n) is 4.57. The highest BCUT2D eigenvalue weighted by atomic mass is 79.9. The highest BCUT2D eigenvalue weighted by molar-refractivity contribution is 9.10. The Hall–Kier alpha value is -0.680. The molecule has 0 bridgehead atoms. The average molecular weight is 292 g/mol. The largest absolute Gasteiger partial charge is 0.484 e. The fraction of sp³-hybridized carbons (Fsp3) is 0.455. The molecule has 1 aliphatic heterocycles. The Labute approximate surface area is 101 Å². The Morgan fingerprint density at radius 1 is 1.50 bits per heavy atom. The van der Waals surface area contributed by atoms with Crippen LogP contribution in [0.4, 0.5) is 8.78 Å². The Morgan fingerprint density at radius 3 is 2.75 bits per heavy atom. The Bertz CT molecular complexity index is 448. The second-order valence-corrected chi connectivity index (χ2v) is 5.42. The third-order valence-electron chi connectivity index (χ3n) is 2.63. The van der Waals surface area contributed by atoms with Gasteiger partial charge in [-0.05, 0) is 19.9 Å². The minimum atomic E-state index is -0.971. The topological polar surface area (TPSA) is 35.2 Å². The maximum Gasteiger partial charge on any atom is 0.201 e. The fourth-order valence-electron chi connectivity index (χ4n) is 1.98. The summed E-state index contributed by atoms with van der Waals surface area (Å²) < 4.78 is 32.7. The van der Waals surface area contributed by atoms with Crippen LogP contribution in [0, 0.1) is 11.6 Å². The van der Waals surface area contributed by atoms with Crippen molar-refractivity contribution in [3.63, 3.8) is 0 Å². The minimum Gasteiger partial charge on any atom is -0.484 e. The number of halogens is 3. The van der Waals surface area contributed by atoms with E-state index in [9.17, 15) is 8.78 Å². The van der Waals surface area contributed by atoms with Crippen LogP contribution in [-0.4, -0.2) is 5.60 Å². The molecule has 1 aliphatic rings. The first-order valence-electron chi connectivity index (χ1n) is 4.94. The highest BCUT2D eigenvalue weighted by Gasteiger charge is 2.36.